The molecule has 0 radical (unpaired) electrons. The highest BCUT2D eigenvalue weighted by molar-refractivity contribution is 5.80. The van der Waals surface area contributed by atoms with Gasteiger partial charge in [0, 0.05) is 13.7 Å². The molecule has 0 spiro atoms. The predicted octanol–water partition coefficient (Wildman–Crippen LogP) is 1.33. The smallest absolute Gasteiger partial charge is 0.248 e. The van der Waals surface area contributed by atoms with Gasteiger partial charge in [0.25, 0.3) is 0 Å². The maximum absolute atomic E-state index is 11.1. The van der Waals surface area contributed by atoms with Crippen LogP contribution in [0.15, 0.2) is 0 Å². The van der Waals surface area contributed by atoms with Crippen molar-refractivity contribution >= 4 is 5.91 Å². The molecule has 1 unspecified atom stereocenters. The van der Waals surface area contributed by atoms with E-state index in [9.17, 15) is 4.79 Å². The Morgan fingerprint density at radius 3 is 2.67 bits per heavy atom. The number of hydrogen-bond donors (Lipinski definition) is 1. The van der Waals surface area contributed by atoms with Gasteiger partial charge in [-0.25, -0.2) is 0 Å². The van der Waals surface area contributed by atoms with Crippen molar-refractivity contribution in [1.82, 2.24) is 5.32 Å². The van der Waals surface area contributed by atoms with Gasteiger partial charge in [0.1, 0.15) is 6.10 Å². The molecule has 0 fully saturated rings. The Morgan fingerprint density at radius 1 is 1.50 bits per heavy atom. The molecule has 0 aromatic rings. The minimum absolute atomic E-state index is 0.0198. The van der Waals surface area contributed by atoms with Gasteiger partial charge in [0.05, 0.1) is 0 Å². The van der Waals surface area contributed by atoms with Gasteiger partial charge in [-0.1, -0.05) is 19.8 Å². The number of unbranched alkanes of at least 4 members (excludes halogenated alkanes) is 2. The standard InChI is InChI=1S/C9H19NO2/c1-4-5-6-7-10-9(11)8(2)12-3/h8H,4-7H2,1-3H3,(H,10,11). The van der Waals surface area contributed by atoms with Crippen LogP contribution in [0.2, 0.25) is 0 Å². The van der Waals surface area contributed by atoms with E-state index in [0.29, 0.717) is 0 Å². The van der Waals surface area contributed by atoms with E-state index >= 15 is 0 Å². The highest BCUT2D eigenvalue weighted by Gasteiger charge is 2.09. The van der Waals surface area contributed by atoms with Crippen LogP contribution in [0.4, 0.5) is 0 Å². The van der Waals surface area contributed by atoms with Gasteiger partial charge < -0.3 is 10.1 Å². The Morgan fingerprint density at radius 2 is 2.17 bits per heavy atom. The van der Waals surface area contributed by atoms with E-state index in [2.05, 4.69) is 12.2 Å². The van der Waals surface area contributed by atoms with Crippen molar-refractivity contribution in [1.29, 1.82) is 0 Å². The first-order chi connectivity index (χ1) is 5.72. The first-order valence-electron chi connectivity index (χ1n) is 4.52. The van der Waals surface area contributed by atoms with Crippen LogP contribution in [0.25, 0.3) is 0 Å². The van der Waals surface area contributed by atoms with Crippen molar-refractivity contribution in [3.63, 3.8) is 0 Å². The van der Waals surface area contributed by atoms with E-state index in [1.165, 1.54) is 20.0 Å². The molecule has 0 aliphatic heterocycles. The predicted molar refractivity (Wildman–Crippen MR) is 49.0 cm³/mol. The summed E-state index contributed by atoms with van der Waals surface area (Å²) in [4.78, 5) is 11.1. The van der Waals surface area contributed by atoms with Gasteiger partial charge >= 0.3 is 0 Å². The van der Waals surface area contributed by atoms with Gasteiger partial charge in [-0.2, -0.15) is 0 Å². The maximum atomic E-state index is 11.1. The Hall–Kier alpha value is -0.570. The highest BCUT2D eigenvalue weighted by atomic mass is 16.5. The molecule has 0 aromatic carbocycles. The first-order valence-corrected chi connectivity index (χ1v) is 4.52. The van der Waals surface area contributed by atoms with Crippen molar-refractivity contribution in [2.24, 2.45) is 0 Å². The average molecular weight is 173 g/mol. The zero-order valence-electron chi connectivity index (χ0n) is 8.22. The molecule has 1 atom stereocenters. The highest BCUT2D eigenvalue weighted by Crippen LogP contribution is 1.92. The number of hydrogen-bond acceptors (Lipinski definition) is 2. The van der Waals surface area contributed by atoms with E-state index in [4.69, 9.17) is 4.74 Å². The summed E-state index contributed by atoms with van der Waals surface area (Å²) >= 11 is 0. The van der Waals surface area contributed by atoms with E-state index in [-0.39, 0.29) is 12.0 Å². The van der Waals surface area contributed by atoms with Crippen molar-refractivity contribution < 1.29 is 9.53 Å². The topological polar surface area (TPSA) is 38.3 Å². The molecule has 72 valence electrons. The lowest BCUT2D eigenvalue weighted by molar-refractivity contribution is -0.130. The zero-order chi connectivity index (χ0) is 9.40. The van der Waals surface area contributed by atoms with Crippen molar-refractivity contribution in [3.05, 3.63) is 0 Å². The van der Waals surface area contributed by atoms with Crippen LogP contribution in [0, 0.1) is 0 Å². The third-order valence-corrected chi connectivity index (χ3v) is 1.80. The minimum atomic E-state index is -0.327. The molecular weight excluding hydrogens is 154 g/mol. The van der Waals surface area contributed by atoms with Crippen LogP contribution < -0.4 is 5.32 Å². The van der Waals surface area contributed by atoms with Gasteiger partial charge in [0.15, 0.2) is 0 Å². The number of carbonyl (C=O) groups is 1. The zero-order valence-corrected chi connectivity index (χ0v) is 8.22. The average Bonchev–Trinajstić information content (AvgIpc) is 2.10. The van der Waals surface area contributed by atoms with Crippen LogP contribution in [-0.2, 0) is 9.53 Å². The fourth-order valence-electron chi connectivity index (χ4n) is 0.837. The van der Waals surface area contributed by atoms with Crippen LogP contribution in [0.5, 0.6) is 0 Å². The SMILES string of the molecule is CCCCCNC(=O)C(C)OC. The minimum Gasteiger partial charge on any atom is -0.372 e. The third kappa shape index (κ3) is 5.13. The second kappa shape index (κ2) is 7.10. The summed E-state index contributed by atoms with van der Waals surface area (Å²) in [6.07, 6.45) is 3.07. The Labute approximate surface area is 74.5 Å². The molecule has 0 saturated carbocycles. The third-order valence-electron chi connectivity index (χ3n) is 1.80. The largest absolute Gasteiger partial charge is 0.372 e. The number of ether oxygens (including phenoxy) is 1. The van der Waals surface area contributed by atoms with Crippen molar-refractivity contribution in [2.45, 2.75) is 39.2 Å². The number of carbonyl (C=O) groups excluding carboxylic acids is 1. The Kier molecular flexibility index (Phi) is 6.76. The molecule has 0 aliphatic carbocycles. The van der Waals surface area contributed by atoms with E-state index in [1.54, 1.807) is 6.92 Å². The fourth-order valence-corrected chi connectivity index (χ4v) is 0.837. The molecule has 0 saturated heterocycles. The fraction of sp³-hybridized carbons (Fsp3) is 0.889. The number of nitrogens with one attached hydrogen (secondary N) is 1. The number of rotatable bonds is 6. The van der Waals surface area contributed by atoms with Gasteiger partial charge in [0.2, 0.25) is 5.91 Å². The van der Waals surface area contributed by atoms with Crippen molar-refractivity contribution in [3.8, 4) is 0 Å². The first kappa shape index (κ1) is 11.4. The lowest BCUT2D eigenvalue weighted by atomic mass is 10.2. The molecule has 1 N–H and O–H groups in total. The molecule has 12 heavy (non-hydrogen) atoms. The van der Waals surface area contributed by atoms with Gasteiger partial charge in [-0.05, 0) is 13.3 Å². The normalized spacial score (nSPS) is 12.6. The number of methoxy groups -OCH3 is 1. The van der Waals surface area contributed by atoms with Crippen LogP contribution >= 0.6 is 0 Å². The Bertz CT molecular complexity index is 126. The summed E-state index contributed by atoms with van der Waals surface area (Å²) in [5, 5.41) is 2.80. The maximum Gasteiger partial charge on any atom is 0.248 e. The van der Waals surface area contributed by atoms with Crippen LogP contribution in [0.3, 0.4) is 0 Å². The van der Waals surface area contributed by atoms with E-state index in [1.807, 2.05) is 0 Å². The van der Waals surface area contributed by atoms with Gasteiger partial charge in [-0.3, -0.25) is 4.79 Å². The molecule has 0 bridgehead atoms. The second-order valence-electron chi connectivity index (χ2n) is 2.88. The lowest BCUT2D eigenvalue weighted by Gasteiger charge is -2.09. The summed E-state index contributed by atoms with van der Waals surface area (Å²) in [5.74, 6) is -0.0198. The summed E-state index contributed by atoms with van der Waals surface area (Å²) < 4.78 is 4.86. The molecule has 0 aliphatic rings. The summed E-state index contributed by atoms with van der Waals surface area (Å²) in [6.45, 7) is 4.65. The van der Waals surface area contributed by atoms with Crippen molar-refractivity contribution in [2.75, 3.05) is 13.7 Å². The summed E-state index contributed by atoms with van der Waals surface area (Å²) in [6, 6.07) is 0. The molecular formula is C9H19NO2. The van der Waals surface area contributed by atoms with Crippen LogP contribution in [0.1, 0.15) is 33.1 Å². The summed E-state index contributed by atoms with van der Waals surface area (Å²) in [7, 11) is 1.54. The second-order valence-corrected chi connectivity index (χ2v) is 2.88. The lowest BCUT2D eigenvalue weighted by Crippen LogP contribution is -2.34. The quantitative estimate of drug-likeness (QED) is 0.615. The molecule has 0 rings (SSSR count). The molecule has 3 heteroatoms. The molecule has 1 amide bonds. The van der Waals surface area contributed by atoms with E-state index in [0.717, 1.165) is 13.0 Å². The Balaban J connectivity index is 3.31. The molecule has 0 aromatic heterocycles. The monoisotopic (exact) mass is 173 g/mol. The van der Waals surface area contributed by atoms with Gasteiger partial charge in [-0.15, -0.1) is 0 Å². The van der Waals surface area contributed by atoms with Crippen LogP contribution in [-0.4, -0.2) is 25.7 Å². The molecule has 0 heterocycles. The molecule has 3 nitrogen and oxygen atoms in total. The number of amides is 1. The summed E-state index contributed by atoms with van der Waals surface area (Å²) in [5.41, 5.74) is 0. The van der Waals surface area contributed by atoms with E-state index < -0.39 is 0 Å².